The molecule has 0 heterocycles. The second-order valence-corrected chi connectivity index (χ2v) is 4.44. The first-order valence-corrected chi connectivity index (χ1v) is 6.10. The molecule has 0 aromatic carbocycles. The Kier molecular flexibility index (Phi) is 7.78. The van der Waals surface area contributed by atoms with Crippen molar-refractivity contribution in [1.82, 2.24) is 9.88 Å². The van der Waals surface area contributed by atoms with Gasteiger partial charge in [0.15, 0.2) is 0 Å². The Morgan fingerprint density at radius 2 is 2.00 bits per heavy atom. The second kappa shape index (κ2) is 8.10. The highest BCUT2D eigenvalue weighted by Gasteiger charge is 2.04. The molecule has 0 radical (unpaired) electrons. The van der Waals surface area contributed by atoms with Crippen molar-refractivity contribution in [3.63, 3.8) is 0 Å². The van der Waals surface area contributed by atoms with Crippen molar-refractivity contribution in [2.75, 3.05) is 13.1 Å². The zero-order valence-corrected chi connectivity index (χ0v) is 11.1. The molecule has 0 aliphatic rings. The zero-order valence-electron chi connectivity index (χ0n) is 9.10. The molecule has 0 spiro atoms. The first kappa shape index (κ1) is 12.5. The normalized spacial score (nSPS) is 10.0. The summed E-state index contributed by atoms with van der Waals surface area (Å²) in [6.45, 7) is 5.98. The molecular weight excluding hydrogens is 180 g/mol. The van der Waals surface area contributed by atoms with Gasteiger partial charge in [-0.1, -0.05) is 26.7 Å². The van der Waals surface area contributed by atoms with Gasteiger partial charge in [-0.15, -0.1) is 0 Å². The molecule has 0 atom stereocenters. The van der Waals surface area contributed by atoms with Crippen molar-refractivity contribution in [3.05, 3.63) is 0 Å². The van der Waals surface area contributed by atoms with Crippen LogP contribution >= 0.6 is 0 Å². The van der Waals surface area contributed by atoms with E-state index < -0.39 is 0 Å². The van der Waals surface area contributed by atoms with Crippen LogP contribution in [0.5, 0.6) is 0 Å². The Hall–Kier alpha value is -0.513. The predicted molar refractivity (Wildman–Crippen MR) is 59.9 cm³/mol. The van der Waals surface area contributed by atoms with E-state index in [1.807, 2.05) is 4.57 Å². The van der Waals surface area contributed by atoms with Gasteiger partial charge < -0.3 is 9.88 Å². The molecule has 2 amide bonds. The highest BCUT2D eigenvalue weighted by Crippen LogP contribution is 1.92. The molecule has 0 aromatic rings. The van der Waals surface area contributed by atoms with Gasteiger partial charge in [0.1, 0.15) is 10.4 Å². The van der Waals surface area contributed by atoms with Crippen LogP contribution in [-0.4, -0.2) is 34.1 Å². The van der Waals surface area contributed by atoms with E-state index in [4.69, 9.17) is 0 Å². The molecule has 13 heavy (non-hydrogen) atoms. The lowest BCUT2D eigenvalue weighted by Crippen LogP contribution is -2.39. The molecule has 0 fully saturated rings. The van der Waals surface area contributed by atoms with Crippen molar-refractivity contribution in [2.24, 2.45) is 0 Å². The molecule has 0 saturated carbocycles. The highest BCUT2D eigenvalue weighted by molar-refractivity contribution is 6.13. The zero-order chi connectivity index (χ0) is 10.1. The fourth-order valence-electron chi connectivity index (χ4n) is 1.14. The van der Waals surface area contributed by atoms with Gasteiger partial charge in [0.05, 0.1) is 0 Å². The van der Waals surface area contributed by atoms with E-state index in [0.717, 1.165) is 36.3 Å². The summed E-state index contributed by atoms with van der Waals surface area (Å²) in [5, 5.41) is 2.92. The molecule has 4 heteroatoms. The van der Waals surface area contributed by atoms with Gasteiger partial charge in [0.25, 0.3) is 0 Å². The molecule has 0 bridgehead atoms. The minimum absolute atomic E-state index is 0.115. The van der Waals surface area contributed by atoms with E-state index in [2.05, 4.69) is 19.2 Å². The highest BCUT2D eigenvalue weighted by atomic mass is 28.2. The third kappa shape index (κ3) is 6.63. The number of amides is 2. The average Bonchev–Trinajstić information content (AvgIpc) is 2.12. The quantitative estimate of drug-likeness (QED) is 0.503. The van der Waals surface area contributed by atoms with Crippen LogP contribution in [0.3, 0.4) is 0 Å². The van der Waals surface area contributed by atoms with Crippen LogP contribution in [0.1, 0.15) is 39.5 Å². The van der Waals surface area contributed by atoms with E-state index in [1.165, 1.54) is 12.8 Å². The van der Waals surface area contributed by atoms with Gasteiger partial charge in [-0.3, -0.25) is 0 Å². The topological polar surface area (TPSA) is 32.3 Å². The minimum Gasteiger partial charge on any atom is -0.361 e. The minimum atomic E-state index is 0.115. The Labute approximate surface area is 84.4 Å². The third-order valence-corrected chi connectivity index (χ3v) is 2.82. The van der Waals surface area contributed by atoms with Crippen LogP contribution in [0.25, 0.3) is 0 Å². The molecule has 78 valence electrons. The molecule has 0 aliphatic heterocycles. The smallest absolute Gasteiger partial charge is 0.308 e. The summed E-state index contributed by atoms with van der Waals surface area (Å²) in [5.41, 5.74) is 0. The van der Waals surface area contributed by atoms with Crippen LogP contribution < -0.4 is 5.32 Å². The monoisotopic (exact) mass is 202 g/mol. The number of hydrogen-bond acceptors (Lipinski definition) is 1. The van der Waals surface area contributed by atoms with Crippen molar-refractivity contribution in [2.45, 2.75) is 39.5 Å². The Bertz CT molecular complexity index is 142. The SMILES string of the molecule is CCCCCNC(=O)N([SiH3])CCC. The molecule has 1 N–H and O–H groups in total. The van der Waals surface area contributed by atoms with E-state index in [9.17, 15) is 4.79 Å². The number of urea groups is 1. The van der Waals surface area contributed by atoms with Crippen LogP contribution in [0.4, 0.5) is 4.79 Å². The van der Waals surface area contributed by atoms with E-state index >= 15 is 0 Å². The van der Waals surface area contributed by atoms with Crippen LogP contribution in [0, 0.1) is 0 Å². The Morgan fingerprint density at radius 1 is 1.31 bits per heavy atom. The summed E-state index contributed by atoms with van der Waals surface area (Å²) in [7, 11) is 0.823. The van der Waals surface area contributed by atoms with Gasteiger partial charge in [0.2, 0.25) is 0 Å². The predicted octanol–water partition coefficient (Wildman–Crippen LogP) is 0.879. The summed E-state index contributed by atoms with van der Waals surface area (Å²) in [6.07, 6.45) is 4.56. The lowest BCUT2D eigenvalue weighted by molar-refractivity contribution is 0.224. The second-order valence-electron chi connectivity index (χ2n) is 3.36. The van der Waals surface area contributed by atoms with Gasteiger partial charge in [-0.2, -0.15) is 0 Å². The van der Waals surface area contributed by atoms with Gasteiger partial charge in [-0.05, 0) is 12.8 Å². The number of carbonyl (C=O) groups excluding carboxylic acids is 1. The number of nitrogens with zero attached hydrogens (tertiary/aromatic N) is 1. The third-order valence-electron chi connectivity index (χ3n) is 1.96. The summed E-state index contributed by atoms with van der Waals surface area (Å²) in [6, 6.07) is 0.115. The van der Waals surface area contributed by atoms with Gasteiger partial charge >= 0.3 is 6.03 Å². The molecule has 0 rings (SSSR count). The molecule has 3 nitrogen and oxygen atoms in total. The van der Waals surface area contributed by atoms with Gasteiger partial charge in [0, 0.05) is 13.1 Å². The Balaban J connectivity index is 3.38. The maximum atomic E-state index is 11.3. The van der Waals surface area contributed by atoms with Crippen LogP contribution in [0.15, 0.2) is 0 Å². The molecule has 0 saturated heterocycles. The van der Waals surface area contributed by atoms with E-state index in [-0.39, 0.29) is 6.03 Å². The fourth-order valence-corrected chi connectivity index (χ4v) is 1.75. The largest absolute Gasteiger partial charge is 0.361 e. The van der Waals surface area contributed by atoms with Crippen molar-refractivity contribution >= 4 is 16.4 Å². The van der Waals surface area contributed by atoms with Crippen molar-refractivity contribution in [1.29, 1.82) is 0 Å². The van der Waals surface area contributed by atoms with E-state index in [1.54, 1.807) is 0 Å². The number of nitrogens with one attached hydrogen (secondary N) is 1. The maximum Gasteiger partial charge on any atom is 0.308 e. The number of hydrogen-bond donors (Lipinski definition) is 1. The number of rotatable bonds is 6. The first-order chi connectivity index (χ1) is 6.22. The summed E-state index contributed by atoms with van der Waals surface area (Å²) in [4.78, 5) is 11.3. The fraction of sp³-hybridized carbons (Fsp3) is 0.889. The Morgan fingerprint density at radius 3 is 2.54 bits per heavy atom. The van der Waals surface area contributed by atoms with Crippen LogP contribution in [-0.2, 0) is 0 Å². The molecular formula is C9H22N2OSi. The molecule has 0 aliphatic carbocycles. The summed E-state index contributed by atoms with van der Waals surface area (Å²) < 4.78 is 1.87. The average molecular weight is 202 g/mol. The van der Waals surface area contributed by atoms with Gasteiger partial charge in [-0.25, -0.2) is 4.79 Å². The molecule has 0 aromatic heterocycles. The summed E-state index contributed by atoms with van der Waals surface area (Å²) >= 11 is 0. The lowest BCUT2D eigenvalue weighted by Gasteiger charge is -2.17. The molecule has 0 unspecified atom stereocenters. The number of unbranched alkanes of at least 4 members (excludes halogenated alkanes) is 2. The standard InChI is InChI=1S/C9H22N2OSi/c1-3-5-6-7-10-9(12)11(13)8-4-2/h3-8H2,1-2,13H3,(H,10,12). The maximum absolute atomic E-state index is 11.3. The van der Waals surface area contributed by atoms with Crippen molar-refractivity contribution < 1.29 is 4.79 Å². The first-order valence-electron chi connectivity index (χ1n) is 5.21. The van der Waals surface area contributed by atoms with E-state index in [0.29, 0.717) is 0 Å². The number of carbonyl (C=O) groups is 1. The summed E-state index contributed by atoms with van der Waals surface area (Å²) in [5.74, 6) is 0. The lowest BCUT2D eigenvalue weighted by atomic mass is 10.2. The van der Waals surface area contributed by atoms with Crippen molar-refractivity contribution in [3.8, 4) is 0 Å². The van der Waals surface area contributed by atoms with Crippen LogP contribution in [0.2, 0.25) is 0 Å².